The second-order valence-corrected chi connectivity index (χ2v) is 7.15. The number of thioether (sulfide) groups is 2. The molecular weight excluding hydrogens is 344 g/mol. The van der Waals surface area contributed by atoms with E-state index in [4.69, 9.17) is 0 Å². The SMILES string of the molecule is C(=CC(=NNc1ccccc1)Sc1ccccc1)Sc1ccccc1. The Morgan fingerprint density at radius 2 is 1.28 bits per heavy atom. The summed E-state index contributed by atoms with van der Waals surface area (Å²) in [6.45, 7) is 0. The van der Waals surface area contributed by atoms with Crippen molar-refractivity contribution in [3.63, 3.8) is 0 Å². The molecule has 3 aromatic rings. The van der Waals surface area contributed by atoms with Crippen molar-refractivity contribution in [3.8, 4) is 0 Å². The third-order valence-corrected chi connectivity index (χ3v) is 4.95. The summed E-state index contributed by atoms with van der Waals surface area (Å²) >= 11 is 3.31. The highest BCUT2D eigenvalue weighted by Crippen LogP contribution is 2.23. The lowest BCUT2D eigenvalue weighted by Gasteiger charge is -2.04. The molecule has 0 atom stereocenters. The molecule has 0 amide bonds. The van der Waals surface area contributed by atoms with Crippen LogP contribution < -0.4 is 5.43 Å². The predicted molar refractivity (Wildman–Crippen MR) is 111 cm³/mol. The van der Waals surface area contributed by atoms with Gasteiger partial charge in [0.05, 0.1) is 5.69 Å². The molecule has 0 spiro atoms. The fourth-order valence-electron chi connectivity index (χ4n) is 2.01. The Morgan fingerprint density at radius 3 is 1.92 bits per heavy atom. The molecule has 2 nitrogen and oxygen atoms in total. The van der Waals surface area contributed by atoms with Crippen LogP contribution in [0.2, 0.25) is 0 Å². The van der Waals surface area contributed by atoms with Gasteiger partial charge < -0.3 is 0 Å². The average Bonchev–Trinajstić information content (AvgIpc) is 2.68. The Balaban J connectivity index is 1.71. The van der Waals surface area contributed by atoms with Gasteiger partial charge in [0.25, 0.3) is 0 Å². The second-order valence-electron chi connectivity index (χ2n) is 5.08. The largest absolute Gasteiger partial charge is 0.277 e. The van der Waals surface area contributed by atoms with Gasteiger partial charge in [0.2, 0.25) is 0 Å². The molecule has 124 valence electrons. The zero-order valence-electron chi connectivity index (χ0n) is 13.6. The summed E-state index contributed by atoms with van der Waals surface area (Å²) in [4.78, 5) is 2.37. The average molecular weight is 363 g/mol. The normalized spacial score (nSPS) is 11.6. The number of nitrogens with zero attached hydrogens (tertiary/aromatic N) is 1. The summed E-state index contributed by atoms with van der Waals surface area (Å²) in [6, 6.07) is 30.5. The van der Waals surface area contributed by atoms with Crippen molar-refractivity contribution in [3.05, 3.63) is 102 Å². The summed E-state index contributed by atoms with van der Waals surface area (Å²) in [5.41, 5.74) is 4.09. The van der Waals surface area contributed by atoms with Crippen LogP contribution >= 0.6 is 23.5 Å². The van der Waals surface area contributed by atoms with E-state index in [2.05, 4.69) is 40.2 Å². The molecule has 3 aromatic carbocycles. The van der Waals surface area contributed by atoms with E-state index in [-0.39, 0.29) is 0 Å². The molecule has 0 aromatic heterocycles. The summed E-state index contributed by atoms with van der Waals surface area (Å²) in [7, 11) is 0. The van der Waals surface area contributed by atoms with E-state index in [0.717, 1.165) is 15.6 Å². The molecule has 0 aliphatic rings. The monoisotopic (exact) mass is 362 g/mol. The second kappa shape index (κ2) is 9.77. The van der Waals surface area contributed by atoms with Crippen molar-refractivity contribution in [1.82, 2.24) is 0 Å². The number of hydrazone groups is 1. The van der Waals surface area contributed by atoms with E-state index >= 15 is 0 Å². The van der Waals surface area contributed by atoms with Crippen LogP contribution in [0.5, 0.6) is 0 Å². The van der Waals surface area contributed by atoms with Crippen molar-refractivity contribution in [2.24, 2.45) is 5.10 Å². The molecule has 25 heavy (non-hydrogen) atoms. The number of anilines is 1. The first kappa shape index (κ1) is 17.4. The number of rotatable bonds is 6. The van der Waals surface area contributed by atoms with E-state index in [1.807, 2.05) is 72.8 Å². The lowest BCUT2D eigenvalue weighted by molar-refractivity contribution is 1.35. The predicted octanol–water partition coefficient (Wildman–Crippen LogP) is 6.51. The van der Waals surface area contributed by atoms with Gasteiger partial charge in [-0.2, -0.15) is 5.10 Å². The Labute approximate surface area is 157 Å². The first-order valence-electron chi connectivity index (χ1n) is 7.90. The molecule has 0 fully saturated rings. The van der Waals surface area contributed by atoms with Crippen molar-refractivity contribution in [2.45, 2.75) is 9.79 Å². The Bertz CT molecular complexity index is 816. The fraction of sp³-hybridized carbons (Fsp3) is 0. The van der Waals surface area contributed by atoms with Crippen LogP contribution in [0, 0.1) is 0 Å². The minimum atomic E-state index is 0.901. The topological polar surface area (TPSA) is 24.4 Å². The molecular formula is C21H18N2S2. The van der Waals surface area contributed by atoms with Gasteiger partial charge in [-0.3, -0.25) is 5.43 Å². The van der Waals surface area contributed by atoms with Gasteiger partial charge >= 0.3 is 0 Å². The van der Waals surface area contributed by atoms with Crippen LogP contribution in [0.25, 0.3) is 0 Å². The van der Waals surface area contributed by atoms with Gasteiger partial charge in [-0.25, -0.2) is 0 Å². The van der Waals surface area contributed by atoms with Gasteiger partial charge in [-0.15, -0.1) is 0 Å². The van der Waals surface area contributed by atoms with Gasteiger partial charge in [-0.05, 0) is 47.9 Å². The minimum Gasteiger partial charge on any atom is -0.277 e. The van der Waals surface area contributed by atoms with Crippen LogP contribution in [-0.2, 0) is 0 Å². The van der Waals surface area contributed by atoms with E-state index in [1.54, 1.807) is 23.5 Å². The smallest absolute Gasteiger partial charge is 0.122 e. The van der Waals surface area contributed by atoms with Crippen molar-refractivity contribution in [2.75, 3.05) is 5.43 Å². The van der Waals surface area contributed by atoms with Gasteiger partial charge in [0.15, 0.2) is 0 Å². The van der Waals surface area contributed by atoms with E-state index in [1.165, 1.54) is 4.90 Å². The lowest BCUT2D eigenvalue weighted by atomic mass is 10.3. The Morgan fingerprint density at radius 1 is 0.720 bits per heavy atom. The molecule has 0 saturated carbocycles. The number of hydrogen-bond acceptors (Lipinski definition) is 4. The van der Waals surface area contributed by atoms with Crippen LogP contribution in [-0.4, -0.2) is 5.04 Å². The van der Waals surface area contributed by atoms with Crippen LogP contribution in [0.15, 0.2) is 117 Å². The fourth-order valence-corrected chi connectivity index (χ4v) is 3.52. The quantitative estimate of drug-likeness (QED) is 0.234. The molecule has 3 rings (SSSR count). The molecule has 1 N–H and O–H groups in total. The third kappa shape index (κ3) is 6.18. The van der Waals surface area contributed by atoms with Gasteiger partial charge in [0, 0.05) is 9.79 Å². The maximum atomic E-state index is 4.55. The highest BCUT2D eigenvalue weighted by atomic mass is 32.2. The maximum Gasteiger partial charge on any atom is 0.122 e. The summed E-state index contributed by atoms with van der Waals surface area (Å²) in [5, 5.41) is 7.52. The van der Waals surface area contributed by atoms with Crippen molar-refractivity contribution >= 4 is 34.3 Å². The molecule has 0 saturated heterocycles. The molecule has 0 bridgehead atoms. The van der Waals surface area contributed by atoms with Gasteiger partial charge in [-0.1, -0.05) is 78.1 Å². The minimum absolute atomic E-state index is 0.901. The molecule has 0 aliphatic carbocycles. The summed E-state index contributed by atoms with van der Waals surface area (Å²) in [5.74, 6) is 0. The van der Waals surface area contributed by atoms with Gasteiger partial charge in [0.1, 0.15) is 5.04 Å². The first-order valence-corrected chi connectivity index (χ1v) is 9.60. The number of benzene rings is 3. The maximum absolute atomic E-state index is 4.55. The summed E-state index contributed by atoms with van der Waals surface area (Å²) in [6.07, 6.45) is 2.03. The Hall–Kier alpha value is -2.43. The van der Waals surface area contributed by atoms with E-state index in [0.29, 0.717) is 0 Å². The summed E-state index contributed by atoms with van der Waals surface area (Å²) < 4.78 is 0. The molecule has 0 heterocycles. The van der Waals surface area contributed by atoms with E-state index in [9.17, 15) is 0 Å². The highest BCUT2D eigenvalue weighted by Gasteiger charge is 2.00. The third-order valence-electron chi connectivity index (χ3n) is 3.19. The van der Waals surface area contributed by atoms with Crippen LogP contribution in [0.1, 0.15) is 0 Å². The number of nitrogens with one attached hydrogen (secondary N) is 1. The molecule has 4 heteroatoms. The molecule has 0 aliphatic heterocycles. The van der Waals surface area contributed by atoms with Crippen LogP contribution in [0.3, 0.4) is 0 Å². The van der Waals surface area contributed by atoms with Crippen molar-refractivity contribution in [1.29, 1.82) is 0 Å². The molecule has 0 radical (unpaired) electrons. The first-order chi connectivity index (χ1) is 12.4. The molecule has 0 unspecified atom stereocenters. The number of hydrogen-bond donors (Lipinski definition) is 1. The Kier molecular flexibility index (Phi) is 6.80. The lowest BCUT2D eigenvalue weighted by Crippen LogP contribution is -1.95. The highest BCUT2D eigenvalue weighted by molar-refractivity contribution is 8.14. The van der Waals surface area contributed by atoms with E-state index < -0.39 is 0 Å². The zero-order chi connectivity index (χ0) is 17.2. The number of para-hydroxylation sites is 1. The standard InChI is InChI=1S/C21H18N2S2/c1-4-10-18(11-5-1)22-23-21(25-20-14-8-3-9-15-20)16-17-24-19-12-6-2-7-13-19/h1-17,22H. The van der Waals surface area contributed by atoms with Crippen molar-refractivity contribution < 1.29 is 0 Å². The van der Waals surface area contributed by atoms with Crippen LogP contribution in [0.4, 0.5) is 5.69 Å². The zero-order valence-corrected chi connectivity index (χ0v) is 15.2.